The van der Waals surface area contributed by atoms with Crippen LogP contribution >= 0.6 is 0 Å². The van der Waals surface area contributed by atoms with Gasteiger partial charge >= 0.3 is 0 Å². The quantitative estimate of drug-likeness (QED) is 0.358. The average molecular weight is 239 g/mol. The third-order valence-corrected chi connectivity index (χ3v) is 2.67. The Hall–Kier alpha value is -1.78. The molecule has 0 aliphatic rings. The molecule has 1 aromatic rings. The van der Waals surface area contributed by atoms with E-state index in [1.807, 2.05) is 24.8 Å². The maximum Gasteiger partial charge on any atom is 0.143 e. The average Bonchev–Trinajstić information content (AvgIpc) is 2.34. The van der Waals surface area contributed by atoms with E-state index >= 15 is 0 Å². The van der Waals surface area contributed by atoms with Crippen LogP contribution in [0.5, 0.6) is 0 Å². The number of amidine groups is 1. The van der Waals surface area contributed by atoms with Gasteiger partial charge < -0.3 is 15.8 Å². The summed E-state index contributed by atoms with van der Waals surface area (Å²) < 4.78 is 13.1. The van der Waals surface area contributed by atoms with Crippen molar-refractivity contribution in [1.82, 2.24) is 0 Å². The van der Waals surface area contributed by atoms with Crippen molar-refractivity contribution in [3.63, 3.8) is 0 Å². The lowest BCUT2D eigenvalue weighted by molar-refractivity contribution is 0.314. The predicted octanol–water partition coefficient (Wildman–Crippen LogP) is 2.03. The van der Waals surface area contributed by atoms with Crippen molar-refractivity contribution in [2.45, 2.75) is 13.8 Å². The van der Waals surface area contributed by atoms with Gasteiger partial charge in [-0.2, -0.15) is 0 Å². The number of oxime groups is 1. The summed E-state index contributed by atoms with van der Waals surface area (Å²) in [5.74, 6) is -0.180. The van der Waals surface area contributed by atoms with Crippen molar-refractivity contribution in [1.29, 1.82) is 0 Å². The molecule has 0 spiro atoms. The number of hydrogen-bond acceptors (Lipinski definition) is 3. The van der Waals surface area contributed by atoms with Crippen LogP contribution in [0.15, 0.2) is 29.4 Å². The molecule has 0 fully saturated rings. The standard InChI is InChI=1S/C12H18FN3O/c1-3-16(8-9(2)12(14)15-17)11-6-4-5-10(13)7-11/h4-7,9,17H,3,8H2,1-2H3,(H2,14,15). The van der Waals surface area contributed by atoms with Crippen LogP contribution in [0.3, 0.4) is 0 Å². The van der Waals surface area contributed by atoms with E-state index in [0.29, 0.717) is 6.54 Å². The van der Waals surface area contributed by atoms with E-state index in [2.05, 4.69) is 5.16 Å². The first kappa shape index (κ1) is 13.3. The predicted molar refractivity (Wildman–Crippen MR) is 66.9 cm³/mol. The van der Waals surface area contributed by atoms with Crippen molar-refractivity contribution < 1.29 is 9.60 Å². The topological polar surface area (TPSA) is 61.8 Å². The molecule has 0 aromatic heterocycles. The molecule has 0 heterocycles. The highest BCUT2D eigenvalue weighted by molar-refractivity contribution is 5.82. The van der Waals surface area contributed by atoms with E-state index in [0.717, 1.165) is 12.2 Å². The normalized spacial score (nSPS) is 13.5. The molecule has 1 aromatic carbocycles. The number of benzene rings is 1. The van der Waals surface area contributed by atoms with Gasteiger partial charge in [0.2, 0.25) is 0 Å². The molecule has 94 valence electrons. The zero-order valence-electron chi connectivity index (χ0n) is 10.1. The van der Waals surface area contributed by atoms with Crippen molar-refractivity contribution in [2.75, 3.05) is 18.0 Å². The number of anilines is 1. The Morgan fingerprint density at radius 1 is 1.59 bits per heavy atom. The molecule has 3 N–H and O–H groups in total. The lowest BCUT2D eigenvalue weighted by Crippen LogP contribution is -2.35. The maximum atomic E-state index is 13.1. The van der Waals surface area contributed by atoms with E-state index in [1.54, 1.807) is 6.07 Å². The molecule has 5 heteroatoms. The SMILES string of the molecule is CCN(CC(C)C(N)=NO)c1cccc(F)c1. The summed E-state index contributed by atoms with van der Waals surface area (Å²) in [7, 11) is 0. The Morgan fingerprint density at radius 3 is 2.82 bits per heavy atom. The fourth-order valence-corrected chi connectivity index (χ4v) is 1.61. The number of nitrogens with two attached hydrogens (primary N) is 1. The molecule has 0 radical (unpaired) electrons. The van der Waals surface area contributed by atoms with Gasteiger partial charge in [0.25, 0.3) is 0 Å². The number of nitrogens with zero attached hydrogens (tertiary/aromatic N) is 2. The molecule has 0 aliphatic heterocycles. The van der Waals surface area contributed by atoms with Crippen LogP contribution in [-0.2, 0) is 0 Å². The molecule has 1 atom stereocenters. The molecule has 0 saturated carbocycles. The van der Waals surface area contributed by atoms with Gasteiger partial charge in [-0.25, -0.2) is 4.39 Å². The van der Waals surface area contributed by atoms with Crippen LogP contribution in [-0.4, -0.2) is 24.1 Å². The summed E-state index contributed by atoms with van der Waals surface area (Å²) in [6.07, 6.45) is 0. The van der Waals surface area contributed by atoms with Crippen LogP contribution in [0, 0.1) is 11.7 Å². The highest BCUT2D eigenvalue weighted by atomic mass is 19.1. The third-order valence-electron chi connectivity index (χ3n) is 2.67. The lowest BCUT2D eigenvalue weighted by Gasteiger charge is -2.26. The van der Waals surface area contributed by atoms with E-state index in [9.17, 15) is 4.39 Å². The Balaban J connectivity index is 2.79. The molecule has 17 heavy (non-hydrogen) atoms. The Labute approximate surface area is 101 Å². The summed E-state index contributed by atoms with van der Waals surface area (Å²) in [6, 6.07) is 6.39. The van der Waals surface area contributed by atoms with Crippen molar-refractivity contribution >= 4 is 11.5 Å². The van der Waals surface area contributed by atoms with E-state index in [4.69, 9.17) is 10.9 Å². The van der Waals surface area contributed by atoms with Gasteiger partial charge in [0, 0.05) is 24.7 Å². The minimum atomic E-state index is -0.266. The monoisotopic (exact) mass is 239 g/mol. The lowest BCUT2D eigenvalue weighted by atomic mass is 10.1. The summed E-state index contributed by atoms with van der Waals surface area (Å²) in [5.41, 5.74) is 6.32. The van der Waals surface area contributed by atoms with Crippen LogP contribution < -0.4 is 10.6 Å². The fourth-order valence-electron chi connectivity index (χ4n) is 1.61. The van der Waals surface area contributed by atoms with Gasteiger partial charge in [0.15, 0.2) is 0 Å². The van der Waals surface area contributed by atoms with Gasteiger partial charge in [0.1, 0.15) is 11.7 Å². The Morgan fingerprint density at radius 2 is 2.29 bits per heavy atom. The summed E-state index contributed by atoms with van der Waals surface area (Å²) in [4.78, 5) is 1.98. The highest BCUT2D eigenvalue weighted by Gasteiger charge is 2.13. The van der Waals surface area contributed by atoms with Crippen LogP contribution in [0.25, 0.3) is 0 Å². The second-order valence-electron chi connectivity index (χ2n) is 3.94. The van der Waals surface area contributed by atoms with Gasteiger partial charge in [0.05, 0.1) is 0 Å². The zero-order valence-corrected chi connectivity index (χ0v) is 10.1. The minimum absolute atomic E-state index is 0.0942. The van der Waals surface area contributed by atoms with Crippen molar-refractivity contribution in [3.8, 4) is 0 Å². The van der Waals surface area contributed by atoms with Crippen LogP contribution in [0.4, 0.5) is 10.1 Å². The largest absolute Gasteiger partial charge is 0.409 e. The molecule has 0 aliphatic carbocycles. The second kappa shape index (κ2) is 6.08. The van der Waals surface area contributed by atoms with Gasteiger partial charge in [-0.3, -0.25) is 0 Å². The smallest absolute Gasteiger partial charge is 0.143 e. The molecule has 1 rings (SSSR count). The Bertz CT molecular complexity index is 395. The molecule has 0 bridgehead atoms. The molecule has 1 unspecified atom stereocenters. The number of halogens is 1. The zero-order chi connectivity index (χ0) is 12.8. The third kappa shape index (κ3) is 3.62. The first-order chi connectivity index (χ1) is 8.08. The van der Waals surface area contributed by atoms with Crippen molar-refractivity contribution in [2.24, 2.45) is 16.8 Å². The molecular formula is C12H18FN3O. The first-order valence-corrected chi connectivity index (χ1v) is 5.56. The highest BCUT2D eigenvalue weighted by Crippen LogP contribution is 2.16. The first-order valence-electron chi connectivity index (χ1n) is 5.56. The van der Waals surface area contributed by atoms with E-state index < -0.39 is 0 Å². The molecular weight excluding hydrogens is 221 g/mol. The van der Waals surface area contributed by atoms with E-state index in [1.165, 1.54) is 12.1 Å². The second-order valence-corrected chi connectivity index (χ2v) is 3.94. The van der Waals surface area contributed by atoms with Crippen molar-refractivity contribution in [3.05, 3.63) is 30.1 Å². The Kier molecular flexibility index (Phi) is 4.75. The van der Waals surface area contributed by atoms with E-state index in [-0.39, 0.29) is 17.6 Å². The number of rotatable bonds is 5. The maximum absolute atomic E-state index is 13.1. The molecule has 0 amide bonds. The minimum Gasteiger partial charge on any atom is -0.409 e. The number of hydrogen-bond donors (Lipinski definition) is 2. The molecule has 0 saturated heterocycles. The van der Waals surface area contributed by atoms with Crippen LogP contribution in [0.2, 0.25) is 0 Å². The fraction of sp³-hybridized carbons (Fsp3) is 0.417. The summed E-state index contributed by atoms with van der Waals surface area (Å²) in [6.45, 7) is 5.14. The van der Waals surface area contributed by atoms with Crippen LogP contribution in [0.1, 0.15) is 13.8 Å². The van der Waals surface area contributed by atoms with Gasteiger partial charge in [-0.15, -0.1) is 0 Å². The van der Waals surface area contributed by atoms with Gasteiger partial charge in [-0.1, -0.05) is 18.1 Å². The van der Waals surface area contributed by atoms with Gasteiger partial charge in [-0.05, 0) is 25.1 Å². The summed E-state index contributed by atoms with van der Waals surface area (Å²) in [5, 5.41) is 11.6. The molecule has 4 nitrogen and oxygen atoms in total. The summed E-state index contributed by atoms with van der Waals surface area (Å²) >= 11 is 0.